The van der Waals surface area contributed by atoms with Crippen LogP contribution in [0, 0.1) is 0 Å². The fourth-order valence-corrected chi connectivity index (χ4v) is 2.91. The molecule has 0 spiro atoms. The van der Waals surface area contributed by atoms with Crippen molar-refractivity contribution in [2.24, 2.45) is 0 Å². The second-order valence-corrected chi connectivity index (χ2v) is 6.53. The topological polar surface area (TPSA) is 59.3 Å². The van der Waals surface area contributed by atoms with E-state index in [0.29, 0.717) is 10.6 Å². The van der Waals surface area contributed by atoms with Gasteiger partial charge in [0.2, 0.25) is 0 Å². The van der Waals surface area contributed by atoms with Crippen molar-refractivity contribution in [3.63, 3.8) is 0 Å². The summed E-state index contributed by atoms with van der Waals surface area (Å²) in [6, 6.07) is 10.5. The average molecular weight is 279 g/mol. The lowest BCUT2D eigenvalue weighted by Gasteiger charge is -2.16. The summed E-state index contributed by atoms with van der Waals surface area (Å²) in [5.41, 5.74) is 0.605. The average Bonchev–Trinajstić information content (AvgIpc) is 2.93. The van der Waals surface area contributed by atoms with Crippen molar-refractivity contribution in [2.45, 2.75) is 24.8 Å². The number of sulfone groups is 1. The highest BCUT2D eigenvalue weighted by atomic mass is 32.2. The van der Waals surface area contributed by atoms with Gasteiger partial charge in [0.15, 0.2) is 9.84 Å². The molecule has 0 saturated heterocycles. The van der Waals surface area contributed by atoms with Gasteiger partial charge in [0, 0.05) is 0 Å². The van der Waals surface area contributed by atoms with Crippen molar-refractivity contribution < 1.29 is 12.8 Å². The first-order chi connectivity index (χ1) is 9.04. The molecule has 0 aliphatic heterocycles. The molecule has 0 bridgehead atoms. The molecule has 4 nitrogen and oxygen atoms in total. The molecule has 1 aromatic heterocycles. The molecule has 1 atom stereocenters. The minimum atomic E-state index is -3.24. The molecule has 0 aliphatic rings. The fraction of sp³-hybridized carbons (Fsp3) is 0.286. The molecule has 1 unspecified atom stereocenters. The molecule has 1 aromatic carbocycles. The summed E-state index contributed by atoms with van der Waals surface area (Å²) in [4.78, 5) is 0.330. The van der Waals surface area contributed by atoms with Crippen LogP contribution < -0.4 is 5.32 Å². The van der Waals surface area contributed by atoms with E-state index < -0.39 is 9.84 Å². The minimum absolute atomic E-state index is 0.0842. The van der Waals surface area contributed by atoms with E-state index in [-0.39, 0.29) is 11.8 Å². The molecule has 0 radical (unpaired) electrons. The first-order valence-corrected chi connectivity index (χ1v) is 7.81. The van der Waals surface area contributed by atoms with Gasteiger partial charge in [0.05, 0.1) is 28.6 Å². The predicted molar refractivity (Wildman–Crippen MR) is 74.9 cm³/mol. The molecule has 2 aromatic rings. The SMILES string of the molecule is CCS(=O)(=O)c1ccccc1NC(C)c1ccco1. The monoisotopic (exact) mass is 279 g/mol. The molecule has 102 valence electrons. The lowest BCUT2D eigenvalue weighted by Crippen LogP contribution is -2.11. The molecule has 0 aliphatic carbocycles. The quantitative estimate of drug-likeness (QED) is 0.912. The van der Waals surface area contributed by atoms with E-state index >= 15 is 0 Å². The second kappa shape index (κ2) is 5.48. The van der Waals surface area contributed by atoms with Crippen LogP contribution in [0.15, 0.2) is 52.0 Å². The number of furan rings is 1. The van der Waals surface area contributed by atoms with Gasteiger partial charge < -0.3 is 9.73 Å². The first-order valence-electron chi connectivity index (χ1n) is 6.16. The van der Waals surface area contributed by atoms with Crippen LogP contribution in [-0.4, -0.2) is 14.2 Å². The Morgan fingerprint density at radius 3 is 2.58 bits per heavy atom. The highest BCUT2D eigenvalue weighted by Crippen LogP contribution is 2.26. The van der Waals surface area contributed by atoms with Gasteiger partial charge in [0.1, 0.15) is 5.76 Å². The molecule has 1 heterocycles. The summed E-state index contributed by atoms with van der Waals surface area (Å²) >= 11 is 0. The van der Waals surface area contributed by atoms with E-state index in [1.165, 1.54) is 0 Å². The van der Waals surface area contributed by atoms with Gasteiger partial charge in [0.25, 0.3) is 0 Å². The number of anilines is 1. The lowest BCUT2D eigenvalue weighted by molar-refractivity contribution is 0.490. The Labute approximate surface area is 113 Å². The van der Waals surface area contributed by atoms with Gasteiger partial charge in [-0.25, -0.2) is 8.42 Å². The Hall–Kier alpha value is -1.75. The molecule has 2 rings (SSSR count). The number of hydrogen-bond donors (Lipinski definition) is 1. The normalized spacial score (nSPS) is 13.2. The number of hydrogen-bond acceptors (Lipinski definition) is 4. The van der Waals surface area contributed by atoms with Crippen molar-refractivity contribution in [3.05, 3.63) is 48.4 Å². The predicted octanol–water partition coefficient (Wildman–Crippen LogP) is 3.25. The Morgan fingerprint density at radius 1 is 1.21 bits per heavy atom. The highest BCUT2D eigenvalue weighted by molar-refractivity contribution is 7.91. The van der Waals surface area contributed by atoms with E-state index in [0.717, 1.165) is 5.76 Å². The molecule has 5 heteroatoms. The lowest BCUT2D eigenvalue weighted by atomic mass is 10.2. The number of rotatable bonds is 5. The second-order valence-electron chi connectivity index (χ2n) is 4.28. The Bertz CT molecular complexity index is 632. The van der Waals surface area contributed by atoms with E-state index in [1.807, 2.05) is 25.1 Å². The van der Waals surface area contributed by atoms with E-state index in [4.69, 9.17) is 4.42 Å². The number of nitrogens with one attached hydrogen (secondary N) is 1. The third-order valence-corrected chi connectivity index (χ3v) is 4.73. The summed E-state index contributed by atoms with van der Waals surface area (Å²) in [6.07, 6.45) is 1.60. The summed E-state index contributed by atoms with van der Waals surface area (Å²) in [5, 5.41) is 3.18. The zero-order valence-corrected chi connectivity index (χ0v) is 11.8. The smallest absolute Gasteiger partial charge is 0.180 e. The van der Waals surface area contributed by atoms with Crippen LogP contribution in [0.2, 0.25) is 0 Å². The molecule has 0 fully saturated rings. The van der Waals surface area contributed by atoms with Crippen molar-refractivity contribution in [2.75, 3.05) is 11.1 Å². The van der Waals surface area contributed by atoms with Crippen molar-refractivity contribution in [3.8, 4) is 0 Å². The van der Waals surface area contributed by atoms with E-state index in [1.54, 1.807) is 31.4 Å². The molecular weight excluding hydrogens is 262 g/mol. The zero-order chi connectivity index (χ0) is 13.9. The van der Waals surface area contributed by atoms with E-state index in [2.05, 4.69) is 5.32 Å². The molecule has 1 N–H and O–H groups in total. The van der Waals surface area contributed by atoms with Crippen LogP contribution in [0.3, 0.4) is 0 Å². The maximum atomic E-state index is 12.0. The summed E-state index contributed by atoms with van der Waals surface area (Å²) in [5.74, 6) is 0.851. The van der Waals surface area contributed by atoms with Crippen LogP contribution in [0.4, 0.5) is 5.69 Å². The van der Waals surface area contributed by atoms with Crippen LogP contribution in [0.1, 0.15) is 25.6 Å². The van der Waals surface area contributed by atoms with Crippen LogP contribution >= 0.6 is 0 Å². The molecule has 0 saturated carbocycles. The Balaban J connectivity index is 2.31. The number of benzene rings is 1. The van der Waals surface area contributed by atoms with Crippen LogP contribution in [0.25, 0.3) is 0 Å². The van der Waals surface area contributed by atoms with Crippen molar-refractivity contribution in [1.29, 1.82) is 0 Å². The number of para-hydroxylation sites is 1. The largest absolute Gasteiger partial charge is 0.467 e. The Kier molecular flexibility index (Phi) is 3.95. The van der Waals surface area contributed by atoms with Crippen LogP contribution in [-0.2, 0) is 9.84 Å². The summed E-state index contributed by atoms with van der Waals surface area (Å²) in [6.45, 7) is 3.57. The van der Waals surface area contributed by atoms with Gasteiger partial charge in [-0.05, 0) is 31.2 Å². The standard InChI is InChI=1S/C14H17NO3S/c1-3-19(16,17)14-9-5-4-7-12(14)15-11(2)13-8-6-10-18-13/h4-11,15H,3H2,1-2H3. The zero-order valence-electron chi connectivity index (χ0n) is 11.0. The maximum absolute atomic E-state index is 12.0. The van der Waals surface area contributed by atoms with Crippen molar-refractivity contribution in [1.82, 2.24) is 0 Å². The van der Waals surface area contributed by atoms with E-state index in [9.17, 15) is 8.42 Å². The highest BCUT2D eigenvalue weighted by Gasteiger charge is 2.18. The molecular formula is C14H17NO3S. The molecule has 0 amide bonds. The summed E-state index contributed by atoms with van der Waals surface area (Å²) in [7, 11) is -3.24. The summed E-state index contributed by atoms with van der Waals surface area (Å²) < 4.78 is 29.4. The van der Waals surface area contributed by atoms with Gasteiger partial charge >= 0.3 is 0 Å². The Morgan fingerprint density at radius 2 is 1.95 bits per heavy atom. The third kappa shape index (κ3) is 2.98. The van der Waals surface area contributed by atoms with Gasteiger partial charge in [-0.15, -0.1) is 0 Å². The fourth-order valence-electron chi connectivity index (χ4n) is 1.85. The minimum Gasteiger partial charge on any atom is -0.467 e. The van der Waals surface area contributed by atoms with Gasteiger partial charge in [-0.2, -0.15) is 0 Å². The van der Waals surface area contributed by atoms with Gasteiger partial charge in [-0.1, -0.05) is 19.1 Å². The third-order valence-electron chi connectivity index (χ3n) is 2.94. The van der Waals surface area contributed by atoms with Crippen LogP contribution in [0.5, 0.6) is 0 Å². The van der Waals surface area contributed by atoms with Crippen molar-refractivity contribution >= 4 is 15.5 Å². The first kappa shape index (κ1) is 13.7. The van der Waals surface area contributed by atoms with Gasteiger partial charge in [-0.3, -0.25) is 0 Å². The maximum Gasteiger partial charge on any atom is 0.180 e. The molecule has 19 heavy (non-hydrogen) atoms.